The lowest BCUT2D eigenvalue weighted by Crippen LogP contribution is -2.31. The molecule has 1 unspecified atom stereocenters. The van der Waals surface area contributed by atoms with Gasteiger partial charge in [-0.1, -0.05) is 89.7 Å². The highest BCUT2D eigenvalue weighted by Gasteiger charge is 2.34. The fourth-order valence-electron chi connectivity index (χ4n) is 6.48. The molecule has 0 aromatic heterocycles. The number of esters is 1. The first kappa shape index (κ1) is 38.9. The van der Waals surface area contributed by atoms with Gasteiger partial charge in [-0.25, -0.2) is 4.79 Å². The predicted molar refractivity (Wildman–Crippen MR) is 177 cm³/mol. The molecule has 4 N–H and O–H groups in total. The number of unbranched alkanes of at least 4 members (excludes halogenated alkanes) is 11. The van der Waals surface area contributed by atoms with E-state index < -0.39 is 24.4 Å². The van der Waals surface area contributed by atoms with Crippen molar-refractivity contribution in [3.63, 3.8) is 0 Å². The Labute approximate surface area is 268 Å². The van der Waals surface area contributed by atoms with Crippen LogP contribution in [0.4, 0.5) is 0 Å². The Balaban J connectivity index is 1.43. The van der Waals surface area contributed by atoms with Gasteiger partial charge >= 0.3 is 5.97 Å². The zero-order valence-corrected chi connectivity index (χ0v) is 28.1. The number of allylic oxidation sites excluding steroid dienone is 2. The highest BCUT2D eigenvalue weighted by atomic mass is 16.5. The van der Waals surface area contributed by atoms with E-state index in [1.807, 2.05) is 0 Å². The Morgan fingerprint density at radius 2 is 1.25 bits per heavy atom. The smallest absolute Gasteiger partial charge is 0.334 e. The third-order valence-corrected chi connectivity index (χ3v) is 9.27. The van der Waals surface area contributed by atoms with Crippen molar-refractivity contribution in [2.24, 2.45) is 0 Å². The molecule has 7 nitrogen and oxygen atoms in total. The van der Waals surface area contributed by atoms with Gasteiger partial charge in [-0.15, -0.1) is 0 Å². The average molecular weight is 623 g/mol. The molecular formula is C37H66O7. The van der Waals surface area contributed by atoms with Gasteiger partial charge in [0, 0.05) is 12.0 Å². The minimum absolute atomic E-state index is 0.204. The number of rotatable bonds is 27. The van der Waals surface area contributed by atoms with Gasteiger partial charge in [0.25, 0.3) is 0 Å². The number of ether oxygens (including phenoxy) is 2. The Morgan fingerprint density at radius 1 is 0.705 bits per heavy atom. The van der Waals surface area contributed by atoms with Gasteiger partial charge in [0.1, 0.15) is 6.10 Å². The van der Waals surface area contributed by atoms with Crippen molar-refractivity contribution in [3.8, 4) is 0 Å². The van der Waals surface area contributed by atoms with Gasteiger partial charge in [-0.3, -0.25) is 0 Å². The fourth-order valence-corrected chi connectivity index (χ4v) is 6.48. The van der Waals surface area contributed by atoms with Crippen LogP contribution in [0.3, 0.4) is 0 Å². The summed E-state index contributed by atoms with van der Waals surface area (Å²) in [5.74, 6) is -0.332. The molecule has 7 heteroatoms. The van der Waals surface area contributed by atoms with Gasteiger partial charge in [0.15, 0.2) is 0 Å². The summed E-state index contributed by atoms with van der Waals surface area (Å²) in [6.45, 7) is 4.07. The molecule has 2 aliphatic heterocycles. The molecule has 0 radical (unpaired) electrons. The second-order valence-electron chi connectivity index (χ2n) is 13.5. The summed E-state index contributed by atoms with van der Waals surface area (Å²) in [6, 6.07) is 0. The first-order valence-electron chi connectivity index (χ1n) is 18.2. The lowest BCUT2D eigenvalue weighted by atomic mass is 9.98. The molecule has 0 saturated carbocycles. The molecule has 2 rings (SSSR count). The maximum absolute atomic E-state index is 11.7. The van der Waals surface area contributed by atoms with E-state index in [-0.39, 0.29) is 24.3 Å². The molecule has 0 spiro atoms. The van der Waals surface area contributed by atoms with Crippen molar-refractivity contribution in [2.45, 2.75) is 204 Å². The van der Waals surface area contributed by atoms with E-state index >= 15 is 0 Å². The molecule has 1 fully saturated rings. The van der Waals surface area contributed by atoms with Crippen LogP contribution in [0.2, 0.25) is 0 Å². The summed E-state index contributed by atoms with van der Waals surface area (Å²) >= 11 is 0. The molecule has 0 amide bonds. The third-order valence-electron chi connectivity index (χ3n) is 9.27. The first-order valence-corrected chi connectivity index (χ1v) is 18.2. The van der Waals surface area contributed by atoms with Crippen LogP contribution in [0.5, 0.6) is 0 Å². The van der Waals surface area contributed by atoms with Crippen molar-refractivity contribution < 1.29 is 34.7 Å². The maximum atomic E-state index is 11.7. The third kappa shape index (κ3) is 17.4. The number of cyclic esters (lactones) is 1. The fraction of sp³-hybridized carbons (Fsp3) is 0.865. The van der Waals surface area contributed by atoms with Crippen LogP contribution in [0.1, 0.15) is 162 Å². The van der Waals surface area contributed by atoms with Crippen LogP contribution < -0.4 is 0 Å². The number of aliphatic hydroxyl groups is 4. The molecular weight excluding hydrogens is 556 g/mol. The Kier molecular flexibility index (Phi) is 21.2. The highest BCUT2D eigenvalue weighted by molar-refractivity contribution is 5.90. The second kappa shape index (κ2) is 24.0. The van der Waals surface area contributed by atoms with Crippen LogP contribution in [-0.2, 0) is 14.3 Å². The molecule has 256 valence electrons. The van der Waals surface area contributed by atoms with Crippen molar-refractivity contribution in [1.82, 2.24) is 0 Å². The minimum Gasteiger partial charge on any atom is -0.455 e. The lowest BCUT2D eigenvalue weighted by molar-refractivity contribution is -0.139. The molecule has 0 bridgehead atoms. The number of hydrogen-bond acceptors (Lipinski definition) is 7. The van der Waals surface area contributed by atoms with Crippen LogP contribution in [0.15, 0.2) is 23.8 Å². The number of aliphatic hydroxyl groups excluding tert-OH is 4. The normalized spacial score (nSPS) is 23.2. The van der Waals surface area contributed by atoms with Crippen molar-refractivity contribution in [1.29, 1.82) is 0 Å². The molecule has 0 aliphatic carbocycles. The molecule has 0 aromatic rings. The molecule has 1 saturated heterocycles. The number of carbonyl (C=O) groups is 1. The standard InChI is InChI=1S/C37H66O7/c1-3-4-5-6-7-8-9-10-11-12-13-14-15-16-23-33(40)35-25-26-36(44-35)34(41)24-19-22-31(38)20-17-18-21-32(39)28-30-27-29(2)43-37(30)42/h14-15,27,29,31-36,38-41H,3-13,16-26,28H2,1-2H3/t29-,31?,32+,33+,34+,35+,36+/m0/s1. The Morgan fingerprint density at radius 3 is 1.86 bits per heavy atom. The summed E-state index contributed by atoms with van der Waals surface area (Å²) in [4.78, 5) is 11.7. The van der Waals surface area contributed by atoms with Crippen molar-refractivity contribution >= 4 is 5.97 Å². The lowest BCUT2D eigenvalue weighted by Gasteiger charge is -2.22. The monoisotopic (exact) mass is 622 g/mol. The molecule has 2 heterocycles. The average Bonchev–Trinajstić information content (AvgIpc) is 3.61. The van der Waals surface area contributed by atoms with Crippen LogP contribution in [-0.4, -0.2) is 69.1 Å². The van der Waals surface area contributed by atoms with Crippen molar-refractivity contribution in [3.05, 3.63) is 23.8 Å². The largest absolute Gasteiger partial charge is 0.455 e. The van der Waals surface area contributed by atoms with Gasteiger partial charge in [0.05, 0.1) is 36.6 Å². The summed E-state index contributed by atoms with van der Waals surface area (Å²) in [7, 11) is 0. The van der Waals surface area contributed by atoms with E-state index in [2.05, 4.69) is 19.1 Å². The van der Waals surface area contributed by atoms with E-state index in [9.17, 15) is 25.2 Å². The quantitative estimate of drug-likeness (QED) is 0.0423. The van der Waals surface area contributed by atoms with E-state index in [0.717, 1.165) is 44.9 Å². The Bertz CT molecular complexity index is 797. The van der Waals surface area contributed by atoms with E-state index in [1.165, 1.54) is 64.2 Å². The van der Waals surface area contributed by atoms with Crippen molar-refractivity contribution in [2.75, 3.05) is 0 Å². The van der Waals surface area contributed by atoms with E-state index in [4.69, 9.17) is 9.47 Å². The first-order chi connectivity index (χ1) is 21.3. The zero-order valence-electron chi connectivity index (χ0n) is 28.1. The molecule has 44 heavy (non-hydrogen) atoms. The summed E-state index contributed by atoms with van der Waals surface area (Å²) in [6.07, 6.45) is 26.3. The topological polar surface area (TPSA) is 116 Å². The van der Waals surface area contributed by atoms with Crippen LogP contribution in [0, 0.1) is 0 Å². The van der Waals surface area contributed by atoms with Gasteiger partial charge in [-0.05, 0) is 83.6 Å². The molecule has 2 aliphatic rings. The van der Waals surface area contributed by atoms with Gasteiger partial charge in [-0.2, -0.15) is 0 Å². The zero-order chi connectivity index (χ0) is 32.0. The summed E-state index contributed by atoms with van der Waals surface area (Å²) < 4.78 is 11.1. The predicted octanol–water partition coefficient (Wildman–Crippen LogP) is 7.62. The SMILES string of the molecule is CCCCCCCCCCCCC=CCC[C@@H](O)[C@H]1CC[C@H]([C@H](O)CCCC(O)CCCC[C@@H](O)CC2=C[C@H](C)OC2=O)O1. The maximum Gasteiger partial charge on any atom is 0.334 e. The van der Waals surface area contributed by atoms with Gasteiger partial charge < -0.3 is 29.9 Å². The molecule has 7 atom stereocenters. The van der Waals surface area contributed by atoms with Gasteiger partial charge in [0.2, 0.25) is 0 Å². The number of carbonyl (C=O) groups excluding carboxylic acids is 1. The highest BCUT2D eigenvalue weighted by Crippen LogP contribution is 2.28. The summed E-state index contributed by atoms with van der Waals surface area (Å²) in [5, 5.41) is 41.8. The number of hydrogen-bond donors (Lipinski definition) is 4. The Hall–Kier alpha value is -1.25. The van der Waals surface area contributed by atoms with E-state index in [1.54, 1.807) is 13.0 Å². The van der Waals surface area contributed by atoms with Crippen LogP contribution >= 0.6 is 0 Å². The summed E-state index contributed by atoms with van der Waals surface area (Å²) in [5.41, 5.74) is 0.554. The van der Waals surface area contributed by atoms with E-state index in [0.29, 0.717) is 44.1 Å². The van der Waals surface area contributed by atoms with Crippen LogP contribution in [0.25, 0.3) is 0 Å². The minimum atomic E-state index is -0.574. The molecule has 0 aromatic carbocycles. The second-order valence-corrected chi connectivity index (χ2v) is 13.5.